The number of benzene rings is 4. The number of nitrogens with zero attached hydrogens (tertiary/aromatic N) is 7. The summed E-state index contributed by atoms with van der Waals surface area (Å²) in [6.45, 7) is 1.48. The highest BCUT2D eigenvalue weighted by molar-refractivity contribution is 7.94. The minimum atomic E-state index is -5.10. The van der Waals surface area contributed by atoms with Crippen molar-refractivity contribution in [2.75, 3.05) is 10.6 Å². The zero-order valence-corrected chi connectivity index (χ0v) is 28.9. The number of nitro benzene ring substituents is 2. The normalized spacial score (nSPS) is 12.0. The molecule has 1 heterocycles. The molecule has 27 heteroatoms. The second kappa shape index (κ2) is 15.2. The maximum atomic E-state index is 14.5. The molecule has 22 nitrogen and oxygen atoms in total. The Balaban J connectivity index is 1.66. The summed E-state index contributed by atoms with van der Waals surface area (Å²) in [6.07, 6.45) is 0. The van der Waals surface area contributed by atoms with Crippen LogP contribution in [-0.2, 0) is 29.6 Å². The number of halogens is 2. The van der Waals surface area contributed by atoms with Gasteiger partial charge in [-0.3, -0.25) is 29.3 Å². The predicted molar refractivity (Wildman–Crippen MR) is 181 cm³/mol. The Morgan fingerprint density at radius 2 is 1.53 bits per heavy atom. The minimum Gasteiger partial charge on any atom is -0.350 e. The maximum Gasteiger partial charge on any atom is 0.311 e. The number of aromatic nitrogens is 3. The maximum absolute atomic E-state index is 14.5. The van der Waals surface area contributed by atoms with Gasteiger partial charge in [0.1, 0.15) is 32.7 Å². The van der Waals surface area contributed by atoms with E-state index in [0.717, 1.165) is 18.2 Å². The lowest BCUT2D eigenvalue weighted by molar-refractivity contribution is -0.432. The van der Waals surface area contributed by atoms with Gasteiger partial charge in [-0.25, -0.2) is 10.2 Å². The van der Waals surface area contributed by atoms with E-state index < -0.39 is 68.4 Å². The third-order valence-corrected chi connectivity index (χ3v) is 9.15. The Labute approximate surface area is 303 Å². The lowest BCUT2D eigenvalue weighted by atomic mass is 10.1. The van der Waals surface area contributed by atoms with Crippen molar-refractivity contribution in [3.8, 4) is 0 Å². The molecule has 53 heavy (non-hydrogen) atoms. The number of nitro groups is 2. The molecule has 0 unspecified atom stereocenters. The van der Waals surface area contributed by atoms with Crippen molar-refractivity contribution in [2.45, 2.75) is 21.6 Å². The third kappa shape index (κ3) is 9.08. The molecule has 0 radical (unpaired) electrons. The van der Waals surface area contributed by atoms with Crippen molar-refractivity contribution < 1.29 is 54.8 Å². The molecule has 0 bridgehead atoms. The van der Waals surface area contributed by atoms with Crippen LogP contribution in [0.15, 0.2) is 79.5 Å². The average Bonchev–Trinajstić information content (AvgIpc) is 3.04. The SMILES string of the molecule is Cc1nc(Cl)nc(Nc2cc(Nc3cc(F)c([N+](=O)[O-])cc3[N+](=O)[O-])ccc2N=Nc2cc3c(S(=O)(=O)O)cc(SOOO)cc3cc2S(=O)(=O)O)n1. The summed E-state index contributed by atoms with van der Waals surface area (Å²) in [5, 5.41) is 47.3. The molecular formula is C26H17ClFN9O13S3. The van der Waals surface area contributed by atoms with E-state index in [-0.39, 0.29) is 61.8 Å². The number of nitrogens with one attached hydrogen (secondary N) is 2. The van der Waals surface area contributed by atoms with E-state index in [2.05, 4.69) is 45.2 Å². The van der Waals surface area contributed by atoms with Gasteiger partial charge in [-0.15, -0.1) is 14.6 Å². The second-order valence-electron chi connectivity index (χ2n) is 10.1. The highest BCUT2D eigenvalue weighted by Crippen LogP contribution is 2.40. The van der Waals surface area contributed by atoms with E-state index in [1.165, 1.54) is 31.2 Å². The van der Waals surface area contributed by atoms with Gasteiger partial charge in [-0.2, -0.15) is 31.2 Å². The van der Waals surface area contributed by atoms with Crippen LogP contribution in [0.5, 0.6) is 0 Å². The molecule has 5 rings (SSSR count). The monoisotopic (exact) mass is 813 g/mol. The van der Waals surface area contributed by atoms with Gasteiger partial charge in [0, 0.05) is 22.0 Å². The summed E-state index contributed by atoms with van der Waals surface area (Å²) in [5.74, 6) is -1.40. The van der Waals surface area contributed by atoms with Crippen molar-refractivity contribution in [2.24, 2.45) is 10.2 Å². The number of hydrogen-bond donors (Lipinski definition) is 5. The van der Waals surface area contributed by atoms with E-state index in [4.69, 9.17) is 16.9 Å². The van der Waals surface area contributed by atoms with Crippen molar-refractivity contribution >= 4 is 100 Å². The molecule has 0 aliphatic heterocycles. The van der Waals surface area contributed by atoms with Crippen LogP contribution in [0.2, 0.25) is 5.28 Å². The number of azo groups is 1. The molecule has 1 aromatic heterocycles. The van der Waals surface area contributed by atoms with E-state index >= 15 is 0 Å². The van der Waals surface area contributed by atoms with Crippen molar-refractivity contribution in [1.82, 2.24) is 15.0 Å². The van der Waals surface area contributed by atoms with Crippen LogP contribution in [0.25, 0.3) is 10.8 Å². The number of rotatable bonds is 13. The molecule has 0 aliphatic carbocycles. The van der Waals surface area contributed by atoms with Gasteiger partial charge in [0.05, 0.1) is 33.6 Å². The fourth-order valence-electron chi connectivity index (χ4n) is 4.55. The first-order valence-electron chi connectivity index (χ1n) is 13.7. The van der Waals surface area contributed by atoms with Gasteiger partial charge in [-0.05, 0) is 66.4 Å². The average molecular weight is 814 g/mol. The highest BCUT2D eigenvalue weighted by atomic mass is 35.5. The summed E-state index contributed by atoms with van der Waals surface area (Å²) in [4.78, 5) is 30.8. The quantitative estimate of drug-likeness (QED) is 0.0204. The van der Waals surface area contributed by atoms with Crippen molar-refractivity contribution in [3.63, 3.8) is 0 Å². The molecule has 0 amide bonds. The number of fused-ring (bicyclic) bond motifs is 1. The first kappa shape index (κ1) is 38.6. The van der Waals surface area contributed by atoms with E-state index in [9.17, 15) is 50.6 Å². The van der Waals surface area contributed by atoms with E-state index in [0.29, 0.717) is 12.1 Å². The molecule has 0 spiro atoms. The van der Waals surface area contributed by atoms with Gasteiger partial charge >= 0.3 is 5.69 Å². The Bertz CT molecular complexity index is 2560. The van der Waals surface area contributed by atoms with Crippen LogP contribution in [0.4, 0.5) is 50.2 Å². The molecule has 0 saturated heterocycles. The van der Waals surface area contributed by atoms with Crippen molar-refractivity contribution in [3.05, 3.63) is 91.8 Å². The summed E-state index contributed by atoms with van der Waals surface area (Å²) in [6, 6.07) is 8.40. The smallest absolute Gasteiger partial charge is 0.311 e. The largest absolute Gasteiger partial charge is 0.350 e. The van der Waals surface area contributed by atoms with E-state index in [1.807, 2.05) is 0 Å². The highest BCUT2D eigenvalue weighted by Gasteiger charge is 2.26. The number of anilines is 4. The first-order valence-corrected chi connectivity index (χ1v) is 17.7. The van der Waals surface area contributed by atoms with E-state index in [1.54, 1.807) is 0 Å². The van der Waals surface area contributed by atoms with Crippen LogP contribution < -0.4 is 10.6 Å². The second-order valence-corrected chi connectivity index (χ2v) is 14.0. The lowest BCUT2D eigenvalue weighted by Crippen LogP contribution is -2.03. The summed E-state index contributed by atoms with van der Waals surface area (Å²) in [5.41, 5.74) is -3.36. The zero-order chi connectivity index (χ0) is 38.8. The van der Waals surface area contributed by atoms with Crippen LogP contribution >= 0.6 is 23.6 Å². The van der Waals surface area contributed by atoms with Gasteiger partial charge < -0.3 is 10.6 Å². The lowest BCUT2D eigenvalue weighted by Gasteiger charge is -2.13. The van der Waals surface area contributed by atoms with Gasteiger partial charge in [-0.1, -0.05) is 5.04 Å². The molecule has 0 fully saturated rings. The van der Waals surface area contributed by atoms with Crippen LogP contribution in [0.1, 0.15) is 5.82 Å². The van der Waals surface area contributed by atoms with Crippen molar-refractivity contribution in [1.29, 1.82) is 0 Å². The molecule has 0 atom stereocenters. The fraction of sp³-hybridized carbons (Fsp3) is 0.0385. The first-order chi connectivity index (χ1) is 24.8. The molecule has 5 N–H and O–H groups in total. The Hall–Kier alpha value is -5.58. The number of aryl methyl sites for hydroxylation is 1. The topological polar surface area (TPSA) is 321 Å². The number of hydrogen-bond acceptors (Lipinski definition) is 19. The third-order valence-electron chi connectivity index (χ3n) is 6.65. The Morgan fingerprint density at radius 1 is 0.849 bits per heavy atom. The molecule has 5 aromatic rings. The molecular weight excluding hydrogens is 797 g/mol. The van der Waals surface area contributed by atoms with Gasteiger partial charge in [0.2, 0.25) is 17.0 Å². The molecule has 4 aromatic carbocycles. The zero-order valence-electron chi connectivity index (χ0n) is 25.7. The fourth-order valence-corrected chi connectivity index (χ4v) is 6.65. The molecule has 276 valence electrons. The molecule has 0 aliphatic rings. The summed E-state index contributed by atoms with van der Waals surface area (Å²) < 4.78 is 88.1. The summed E-state index contributed by atoms with van der Waals surface area (Å²) >= 11 is 6.24. The molecule has 0 saturated carbocycles. The van der Waals surface area contributed by atoms with Gasteiger partial charge in [0.15, 0.2) is 0 Å². The predicted octanol–water partition coefficient (Wildman–Crippen LogP) is 6.77. The van der Waals surface area contributed by atoms with Crippen LogP contribution in [-0.4, -0.2) is 56.0 Å². The standard InChI is InChI=1S/C26H17ClFN9O13S3/c1-11-29-25(27)33-26(30-11)32-18-6-13(31-19-9-16(28)21(36(38)39)10-22(19)37(40)41)2-3-17(18)34-35-20-8-15-12(5-24(20)53(46,47)48)4-14(51-50-49-42)7-23(15)52(43,44)45/h2-10,31,42H,1H3,(H,43,44,45)(H,46,47,48)(H,29,30,32,33). The summed E-state index contributed by atoms with van der Waals surface area (Å²) in [7, 11) is -10.1. The van der Waals surface area contributed by atoms with Crippen LogP contribution in [0, 0.1) is 33.0 Å². The van der Waals surface area contributed by atoms with Gasteiger partial charge in [0.25, 0.3) is 25.9 Å². The van der Waals surface area contributed by atoms with Crippen LogP contribution in [0.3, 0.4) is 0 Å². The minimum absolute atomic E-state index is 0.00828. The Kier molecular flexibility index (Phi) is 11.1. The Morgan fingerprint density at radius 3 is 2.15 bits per heavy atom.